The van der Waals surface area contributed by atoms with E-state index in [0.29, 0.717) is 12.5 Å². The van der Waals surface area contributed by atoms with Crippen LogP contribution in [-0.2, 0) is 28.9 Å². The number of fused-ring (bicyclic) bond motifs is 3. The highest BCUT2D eigenvalue weighted by Gasteiger charge is 2.24. The average Bonchev–Trinajstić information content (AvgIpc) is 3.03. The van der Waals surface area contributed by atoms with E-state index in [4.69, 9.17) is 14.7 Å². The molecule has 0 radical (unpaired) electrons. The third-order valence-electron chi connectivity index (χ3n) is 5.37. The molecule has 0 bridgehead atoms. The van der Waals surface area contributed by atoms with E-state index in [2.05, 4.69) is 22.5 Å². The monoisotopic (exact) mass is 389 g/mol. The Kier molecular flexibility index (Phi) is 5.56. The molecule has 1 aliphatic heterocycles. The summed E-state index contributed by atoms with van der Waals surface area (Å²) < 4.78 is 5.44. The lowest BCUT2D eigenvalue weighted by Gasteiger charge is -2.25. The zero-order valence-corrected chi connectivity index (χ0v) is 16.8. The van der Waals surface area contributed by atoms with Gasteiger partial charge in [0.2, 0.25) is 5.91 Å². The van der Waals surface area contributed by atoms with E-state index in [0.717, 1.165) is 61.0 Å². The SMILES string of the molecule is CNC(=O)CNc1nc(CN2CCOCC2)nc2sc3c(c12)CC[C@H](C)C3. The summed E-state index contributed by atoms with van der Waals surface area (Å²) in [6.07, 6.45) is 3.38. The molecule has 7 nitrogen and oxygen atoms in total. The van der Waals surface area contributed by atoms with E-state index in [1.807, 2.05) is 0 Å². The van der Waals surface area contributed by atoms with Crippen molar-refractivity contribution in [3.05, 3.63) is 16.3 Å². The number of amides is 1. The number of aromatic nitrogens is 2. The van der Waals surface area contributed by atoms with Gasteiger partial charge in [0.1, 0.15) is 16.5 Å². The van der Waals surface area contributed by atoms with Crippen LogP contribution in [0.5, 0.6) is 0 Å². The third-order valence-corrected chi connectivity index (χ3v) is 6.51. The molecule has 4 rings (SSSR count). The van der Waals surface area contributed by atoms with Gasteiger partial charge in [-0.15, -0.1) is 11.3 Å². The summed E-state index contributed by atoms with van der Waals surface area (Å²) in [5.41, 5.74) is 1.38. The number of nitrogens with zero attached hydrogens (tertiary/aromatic N) is 3. The molecule has 2 aromatic rings. The van der Waals surface area contributed by atoms with Gasteiger partial charge in [0.25, 0.3) is 0 Å². The molecule has 1 aliphatic carbocycles. The summed E-state index contributed by atoms with van der Waals surface area (Å²) in [6.45, 7) is 6.58. The molecule has 1 fully saturated rings. The molecule has 0 aromatic carbocycles. The maximum atomic E-state index is 11.8. The zero-order valence-electron chi connectivity index (χ0n) is 16.0. The molecule has 0 spiro atoms. The number of ether oxygens (including phenoxy) is 1. The number of likely N-dealkylation sites (N-methyl/N-ethyl adjacent to an activating group) is 1. The Labute approximate surface area is 163 Å². The molecule has 1 saturated heterocycles. The Morgan fingerprint density at radius 3 is 2.93 bits per heavy atom. The molecule has 2 N–H and O–H groups in total. The van der Waals surface area contributed by atoms with Crippen LogP contribution in [0.4, 0.5) is 5.82 Å². The topological polar surface area (TPSA) is 79.4 Å². The van der Waals surface area contributed by atoms with Crippen molar-refractivity contribution in [1.82, 2.24) is 20.2 Å². The summed E-state index contributed by atoms with van der Waals surface area (Å²) in [5.74, 6) is 2.29. The summed E-state index contributed by atoms with van der Waals surface area (Å²) in [4.78, 5) is 26.3. The summed E-state index contributed by atoms with van der Waals surface area (Å²) in [5, 5.41) is 7.05. The van der Waals surface area contributed by atoms with Crippen molar-refractivity contribution in [2.24, 2.45) is 5.92 Å². The molecule has 0 saturated carbocycles. The van der Waals surface area contributed by atoms with Crippen molar-refractivity contribution in [2.45, 2.75) is 32.7 Å². The minimum absolute atomic E-state index is 0.0470. The third kappa shape index (κ3) is 4.07. The molecule has 2 aliphatic rings. The van der Waals surface area contributed by atoms with Crippen molar-refractivity contribution >= 4 is 33.3 Å². The molecule has 8 heteroatoms. The molecule has 3 heterocycles. The first-order valence-corrected chi connectivity index (χ1v) is 10.5. The predicted octanol–water partition coefficient (Wildman–Crippen LogP) is 1.81. The van der Waals surface area contributed by atoms with Crippen molar-refractivity contribution in [3.63, 3.8) is 0 Å². The van der Waals surface area contributed by atoms with Gasteiger partial charge in [0, 0.05) is 25.0 Å². The van der Waals surface area contributed by atoms with E-state index in [9.17, 15) is 4.79 Å². The van der Waals surface area contributed by atoms with Crippen LogP contribution in [0.15, 0.2) is 0 Å². The van der Waals surface area contributed by atoms with Crippen LogP contribution in [0, 0.1) is 5.92 Å². The number of anilines is 1. The number of hydrogen-bond donors (Lipinski definition) is 2. The molecule has 27 heavy (non-hydrogen) atoms. The second-order valence-electron chi connectivity index (χ2n) is 7.44. The lowest BCUT2D eigenvalue weighted by atomic mass is 9.89. The van der Waals surface area contributed by atoms with Crippen LogP contribution >= 0.6 is 11.3 Å². The Hall–Kier alpha value is -1.77. The molecular weight excluding hydrogens is 362 g/mol. The highest BCUT2D eigenvalue weighted by atomic mass is 32.1. The number of carbonyl (C=O) groups excluding carboxylic acids is 1. The van der Waals surface area contributed by atoms with Crippen LogP contribution < -0.4 is 10.6 Å². The normalized spacial score (nSPS) is 20.4. The van der Waals surface area contributed by atoms with Gasteiger partial charge in [-0.2, -0.15) is 0 Å². The molecule has 0 unspecified atom stereocenters. The highest BCUT2D eigenvalue weighted by Crippen LogP contribution is 2.40. The van der Waals surface area contributed by atoms with Crippen LogP contribution in [0.25, 0.3) is 10.2 Å². The zero-order chi connectivity index (χ0) is 18.8. The quantitative estimate of drug-likeness (QED) is 0.812. The van der Waals surface area contributed by atoms with Crippen molar-refractivity contribution in [1.29, 1.82) is 0 Å². The molecule has 1 amide bonds. The number of nitrogens with one attached hydrogen (secondary N) is 2. The van der Waals surface area contributed by atoms with Gasteiger partial charge < -0.3 is 15.4 Å². The van der Waals surface area contributed by atoms with Crippen LogP contribution in [0.2, 0.25) is 0 Å². The summed E-state index contributed by atoms with van der Waals surface area (Å²) >= 11 is 1.80. The Morgan fingerprint density at radius 2 is 2.15 bits per heavy atom. The maximum Gasteiger partial charge on any atom is 0.239 e. The fraction of sp³-hybridized carbons (Fsp3) is 0.632. The summed E-state index contributed by atoms with van der Waals surface area (Å²) in [6, 6.07) is 0. The van der Waals surface area contributed by atoms with Gasteiger partial charge >= 0.3 is 0 Å². The Bertz CT molecular complexity index is 831. The van der Waals surface area contributed by atoms with Crippen molar-refractivity contribution < 1.29 is 9.53 Å². The van der Waals surface area contributed by atoms with Crippen LogP contribution in [-0.4, -0.2) is 60.7 Å². The minimum atomic E-state index is -0.0470. The van der Waals surface area contributed by atoms with Crippen LogP contribution in [0.1, 0.15) is 29.6 Å². The standard InChI is InChI=1S/C19H27N5O2S/c1-12-3-4-13-14(9-12)27-19-17(13)18(21-10-16(25)20-2)22-15(23-19)11-24-5-7-26-8-6-24/h12H,3-11H2,1-2H3,(H,20,25)(H,21,22,23)/t12-/m0/s1. The molecule has 1 atom stereocenters. The van der Waals surface area contributed by atoms with Gasteiger partial charge in [-0.3, -0.25) is 9.69 Å². The van der Waals surface area contributed by atoms with E-state index in [1.165, 1.54) is 16.9 Å². The highest BCUT2D eigenvalue weighted by molar-refractivity contribution is 7.19. The lowest BCUT2D eigenvalue weighted by Crippen LogP contribution is -2.36. The number of aryl methyl sites for hydroxylation is 1. The van der Waals surface area contributed by atoms with Gasteiger partial charge in [-0.05, 0) is 30.7 Å². The lowest BCUT2D eigenvalue weighted by molar-refractivity contribution is -0.118. The van der Waals surface area contributed by atoms with Crippen molar-refractivity contribution in [2.75, 3.05) is 45.2 Å². The largest absolute Gasteiger partial charge is 0.379 e. The number of morpholine rings is 1. The first-order valence-electron chi connectivity index (χ1n) is 9.69. The smallest absolute Gasteiger partial charge is 0.239 e. The second-order valence-corrected chi connectivity index (χ2v) is 8.52. The van der Waals surface area contributed by atoms with E-state index in [-0.39, 0.29) is 12.5 Å². The molecular formula is C19H27N5O2S. The molecule has 2 aromatic heterocycles. The van der Waals surface area contributed by atoms with Gasteiger partial charge in [-0.25, -0.2) is 9.97 Å². The van der Waals surface area contributed by atoms with E-state index >= 15 is 0 Å². The van der Waals surface area contributed by atoms with Gasteiger partial charge in [0.15, 0.2) is 0 Å². The summed E-state index contributed by atoms with van der Waals surface area (Å²) in [7, 11) is 1.65. The van der Waals surface area contributed by atoms with E-state index in [1.54, 1.807) is 18.4 Å². The number of hydrogen-bond acceptors (Lipinski definition) is 7. The van der Waals surface area contributed by atoms with Crippen molar-refractivity contribution in [3.8, 4) is 0 Å². The van der Waals surface area contributed by atoms with Gasteiger partial charge in [-0.1, -0.05) is 6.92 Å². The molecule has 146 valence electrons. The first-order chi connectivity index (χ1) is 13.1. The number of thiophene rings is 1. The van der Waals surface area contributed by atoms with Gasteiger partial charge in [0.05, 0.1) is 31.7 Å². The van der Waals surface area contributed by atoms with Crippen LogP contribution in [0.3, 0.4) is 0 Å². The number of carbonyl (C=O) groups is 1. The Morgan fingerprint density at radius 1 is 1.33 bits per heavy atom. The fourth-order valence-electron chi connectivity index (χ4n) is 3.80. The first kappa shape index (κ1) is 18.6. The average molecular weight is 390 g/mol. The minimum Gasteiger partial charge on any atom is -0.379 e. The maximum absolute atomic E-state index is 11.8. The Balaban J connectivity index is 1.69. The second kappa shape index (κ2) is 8.08. The fourth-order valence-corrected chi connectivity index (χ4v) is 5.20. The predicted molar refractivity (Wildman–Crippen MR) is 107 cm³/mol. The van der Waals surface area contributed by atoms with E-state index < -0.39 is 0 Å². The number of rotatable bonds is 5.